The average molecular weight is 485 g/mol. The van der Waals surface area contributed by atoms with Gasteiger partial charge in [0, 0.05) is 37.1 Å². The third-order valence-corrected chi connectivity index (χ3v) is 5.82. The molecule has 0 rings (SSSR count). The molecule has 0 heterocycles. The second-order valence-corrected chi connectivity index (χ2v) is 10.3. The van der Waals surface area contributed by atoms with Crippen LogP contribution in [0.1, 0.15) is 65.7 Å². The van der Waals surface area contributed by atoms with Crippen LogP contribution in [0.4, 0.5) is 0 Å². The Morgan fingerprint density at radius 1 is 1.03 bits per heavy atom. The maximum atomic E-state index is 12.0. The van der Waals surface area contributed by atoms with Gasteiger partial charge in [-0.2, -0.15) is 0 Å². The van der Waals surface area contributed by atoms with E-state index < -0.39 is 31.9 Å². The number of aliphatic hydroxyl groups is 1. The van der Waals surface area contributed by atoms with Crippen LogP contribution in [0, 0.1) is 5.41 Å². The molecule has 0 aliphatic rings. The standard InChI is InChI=1S/C19H37N2O8PS/c1-4-5-6-7-8-9-16(23)31-13-12-20-15(22)10-11-21-18(25)17(24)19(2,3)14-29-30(26,27)28/h17,24H,4-14H2,1-3H3,(H,20,22)(H,21,25)(H2,26,27,28)/t17-/m1/s1. The van der Waals surface area contributed by atoms with Crippen molar-refractivity contribution in [2.24, 2.45) is 5.41 Å². The Morgan fingerprint density at radius 2 is 1.68 bits per heavy atom. The maximum Gasteiger partial charge on any atom is 0.469 e. The van der Waals surface area contributed by atoms with Gasteiger partial charge in [0.1, 0.15) is 6.10 Å². The van der Waals surface area contributed by atoms with Crippen LogP contribution in [-0.4, -0.2) is 63.4 Å². The van der Waals surface area contributed by atoms with E-state index in [1.807, 2.05) is 0 Å². The molecule has 1 atom stereocenters. The zero-order chi connectivity index (χ0) is 23.9. The summed E-state index contributed by atoms with van der Waals surface area (Å²) in [6.45, 7) is 4.78. The van der Waals surface area contributed by atoms with E-state index in [-0.39, 0.29) is 24.0 Å². The van der Waals surface area contributed by atoms with E-state index in [2.05, 4.69) is 22.1 Å². The first-order chi connectivity index (χ1) is 14.4. The number of nitrogens with one attached hydrogen (secondary N) is 2. The fraction of sp³-hybridized carbons (Fsp3) is 0.842. The van der Waals surface area contributed by atoms with Crippen LogP contribution in [-0.2, 0) is 23.5 Å². The third kappa shape index (κ3) is 16.3. The molecule has 0 aromatic rings. The number of thioether (sulfide) groups is 1. The summed E-state index contributed by atoms with van der Waals surface area (Å²) in [5.74, 6) is -0.586. The van der Waals surface area contributed by atoms with Crippen molar-refractivity contribution in [3.05, 3.63) is 0 Å². The van der Waals surface area contributed by atoms with E-state index >= 15 is 0 Å². The highest BCUT2D eigenvalue weighted by Gasteiger charge is 2.35. The number of rotatable bonds is 17. The van der Waals surface area contributed by atoms with Crippen LogP contribution in [0.25, 0.3) is 0 Å². The Hall–Kier alpha value is -0.970. The molecule has 182 valence electrons. The lowest BCUT2D eigenvalue weighted by Gasteiger charge is -2.29. The average Bonchev–Trinajstić information content (AvgIpc) is 2.68. The van der Waals surface area contributed by atoms with Gasteiger partial charge in [-0.25, -0.2) is 4.57 Å². The first-order valence-electron chi connectivity index (χ1n) is 10.5. The molecule has 10 nitrogen and oxygen atoms in total. The molecule has 0 fully saturated rings. The molecule has 0 aliphatic carbocycles. The predicted molar refractivity (Wildman–Crippen MR) is 119 cm³/mol. The normalized spacial score (nSPS) is 13.0. The van der Waals surface area contributed by atoms with Crippen molar-refractivity contribution >= 4 is 36.5 Å². The van der Waals surface area contributed by atoms with Crippen LogP contribution >= 0.6 is 19.6 Å². The highest BCUT2D eigenvalue weighted by Crippen LogP contribution is 2.38. The predicted octanol–water partition coefficient (Wildman–Crippen LogP) is 1.73. The van der Waals surface area contributed by atoms with E-state index in [4.69, 9.17) is 9.79 Å². The molecular formula is C19H37N2O8PS. The Labute approximate surface area is 188 Å². The molecule has 0 saturated heterocycles. The number of carbonyl (C=O) groups is 3. The summed E-state index contributed by atoms with van der Waals surface area (Å²) in [5.41, 5.74) is -1.24. The Kier molecular flexibility index (Phi) is 15.3. The fourth-order valence-electron chi connectivity index (χ4n) is 2.47. The molecule has 0 saturated carbocycles. The van der Waals surface area contributed by atoms with E-state index in [9.17, 15) is 24.1 Å². The van der Waals surface area contributed by atoms with Crippen LogP contribution in [0.15, 0.2) is 0 Å². The van der Waals surface area contributed by atoms with Crippen molar-refractivity contribution in [1.82, 2.24) is 10.6 Å². The molecule has 0 bridgehead atoms. The smallest absolute Gasteiger partial charge is 0.383 e. The molecular weight excluding hydrogens is 447 g/mol. The van der Waals surface area contributed by atoms with Crippen molar-refractivity contribution in [2.45, 2.75) is 71.8 Å². The van der Waals surface area contributed by atoms with Crippen LogP contribution in [0.3, 0.4) is 0 Å². The Bertz CT molecular complexity index is 612. The number of phosphoric ester groups is 1. The Balaban J connectivity index is 3.94. The minimum absolute atomic E-state index is 0.00604. The summed E-state index contributed by atoms with van der Waals surface area (Å²) >= 11 is 1.20. The number of aliphatic hydroxyl groups excluding tert-OH is 1. The van der Waals surface area contributed by atoms with Gasteiger partial charge in [0.25, 0.3) is 0 Å². The summed E-state index contributed by atoms with van der Waals surface area (Å²) in [6, 6.07) is 0. The van der Waals surface area contributed by atoms with Gasteiger partial charge >= 0.3 is 7.82 Å². The van der Waals surface area contributed by atoms with Gasteiger partial charge in [0.05, 0.1) is 6.61 Å². The molecule has 0 radical (unpaired) electrons. The third-order valence-electron chi connectivity index (χ3n) is 4.42. The molecule has 5 N–H and O–H groups in total. The number of amides is 2. The second-order valence-electron chi connectivity index (χ2n) is 7.93. The van der Waals surface area contributed by atoms with Gasteiger partial charge in [0.2, 0.25) is 11.8 Å². The van der Waals surface area contributed by atoms with Gasteiger partial charge in [-0.15, -0.1) is 0 Å². The molecule has 0 aromatic carbocycles. The lowest BCUT2D eigenvalue weighted by Crippen LogP contribution is -2.46. The van der Waals surface area contributed by atoms with Crippen molar-refractivity contribution < 1.29 is 38.4 Å². The van der Waals surface area contributed by atoms with Crippen molar-refractivity contribution in [3.8, 4) is 0 Å². The Morgan fingerprint density at radius 3 is 2.29 bits per heavy atom. The topological polar surface area (TPSA) is 162 Å². The van der Waals surface area contributed by atoms with E-state index in [0.29, 0.717) is 18.7 Å². The lowest BCUT2D eigenvalue weighted by molar-refractivity contribution is -0.137. The number of carbonyl (C=O) groups excluding carboxylic acids is 3. The molecule has 2 amide bonds. The maximum absolute atomic E-state index is 12.0. The van der Waals surface area contributed by atoms with Crippen molar-refractivity contribution in [1.29, 1.82) is 0 Å². The summed E-state index contributed by atoms with van der Waals surface area (Å²) in [6.07, 6.45) is 4.43. The first-order valence-corrected chi connectivity index (χ1v) is 13.0. The van der Waals surface area contributed by atoms with Gasteiger partial charge in [-0.1, -0.05) is 58.2 Å². The van der Waals surface area contributed by atoms with Crippen LogP contribution in [0.5, 0.6) is 0 Å². The monoisotopic (exact) mass is 484 g/mol. The molecule has 0 aliphatic heterocycles. The summed E-state index contributed by atoms with van der Waals surface area (Å²) in [5, 5.41) is 15.2. The van der Waals surface area contributed by atoms with E-state index in [0.717, 1.165) is 19.3 Å². The van der Waals surface area contributed by atoms with Crippen LogP contribution < -0.4 is 10.6 Å². The second kappa shape index (κ2) is 15.8. The largest absolute Gasteiger partial charge is 0.469 e. The minimum atomic E-state index is -4.72. The van der Waals surface area contributed by atoms with Crippen LogP contribution in [0.2, 0.25) is 0 Å². The SMILES string of the molecule is CCCCCCCC(=O)SCCNC(=O)CCNC(=O)[C@@H](O)C(C)(C)COP(=O)(O)O. The molecule has 0 aromatic heterocycles. The highest BCUT2D eigenvalue weighted by molar-refractivity contribution is 8.13. The molecule has 12 heteroatoms. The quantitative estimate of drug-likeness (QED) is 0.153. The van der Waals surface area contributed by atoms with E-state index in [1.54, 1.807) is 0 Å². The number of unbranched alkanes of at least 4 members (excludes halogenated alkanes) is 4. The lowest BCUT2D eigenvalue weighted by atomic mass is 9.87. The van der Waals surface area contributed by atoms with E-state index in [1.165, 1.54) is 38.5 Å². The number of hydrogen-bond donors (Lipinski definition) is 5. The fourth-order valence-corrected chi connectivity index (χ4v) is 3.69. The summed E-state index contributed by atoms with van der Waals surface area (Å²) in [7, 11) is -4.72. The molecule has 0 spiro atoms. The highest BCUT2D eigenvalue weighted by atomic mass is 32.2. The first kappa shape index (κ1) is 30.0. The van der Waals surface area contributed by atoms with Gasteiger partial charge in [-0.05, 0) is 6.42 Å². The number of hydrogen-bond acceptors (Lipinski definition) is 7. The van der Waals surface area contributed by atoms with Gasteiger partial charge in [0.15, 0.2) is 5.12 Å². The van der Waals surface area contributed by atoms with Gasteiger partial charge in [-0.3, -0.25) is 18.9 Å². The molecule has 31 heavy (non-hydrogen) atoms. The summed E-state index contributed by atoms with van der Waals surface area (Å²) < 4.78 is 15.1. The zero-order valence-corrected chi connectivity index (χ0v) is 20.3. The van der Waals surface area contributed by atoms with Crippen molar-refractivity contribution in [3.63, 3.8) is 0 Å². The zero-order valence-electron chi connectivity index (χ0n) is 18.6. The number of phosphoric acid groups is 1. The van der Waals surface area contributed by atoms with Crippen molar-refractivity contribution in [2.75, 3.05) is 25.4 Å². The molecule has 0 unspecified atom stereocenters. The minimum Gasteiger partial charge on any atom is -0.383 e. The summed E-state index contributed by atoms with van der Waals surface area (Å²) in [4.78, 5) is 53.0. The van der Waals surface area contributed by atoms with Gasteiger partial charge < -0.3 is 25.5 Å².